The monoisotopic (exact) mass is 490 g/mol. The van der Waals surface area contributed by atoms with Crippen molar-refractivity contribution in [3.63, 3.8) is 0 Å². The van der Waals surface area contributed by atoms with E-state index in [4.69, 9.17) is 9.47 Å². The van der Waals surface area contributed by atoms with Crippen molar-refractivity contribution in [1.82, 2.24) is 5.32 Å². The number of urea groups is 1. The van der Waals surface area contributed by atoms with Crippen molar-refractivity contribution in [2.24, 2.45) is 0 Å². The smallest absolute Gasteiger partial charge is 0.339 e. The summed E-state index contributed by atoms with van der Waals surface area (Å²) in [6.45, 7) is 12.0. The highest BCUT2D eigenvalue weighted by Crippen LogP contribution is 2.39. The van der Waals surface area contributed by atoms with Gasteiger partial charge in [-0.25, -0.2) is 9.59 Å². The van der Waals surface area contributed by atoms with Crippen LogP contribution in [0.15, 0.2) is 60.7 Å². The van der Waals surface area contributed by atoms with E-state index in [1.54, 1.807) is 30.3 Å². The van der Waals surface area contributed by atoms with Crippen LogP contribution in [-0.4, -0.2) is 29.8 Å². The number of nitrogens with one attached hydrogen (secondary N) is 2. The molecule has 0 aliphatic rings. The molecule has 3 rings (SSSR count). The number of benzene rings is 3. The first-order valence-corrected chi connectivity index (χ1v) is 11.7. The van der Waals surface area contributed by atoms with Gasteiger partial charge in [0.25, 0.3) is 0 Å². The highest BCUT2D eigenvalue weighted by Gasteiger charge is 2.21. The fourth-order valence-corrected chi connectivity index (χ4v) is 3.74. The second kappa shape index (κ2) is 10.3. The lowest BCUT2D eigenvalue weighted by atomic mass is 9.86. The molecule has 36 heavy (non-hydrogen) atoms. The van der Waals surface area contributed by atoms with Crippen LogP contribution in [0.2, 0.25) is 0 Å². The van der Waals surface area contributed by atoms with E-state index < -0.39 is 11.5 Å². The van der Waals surface area contributed by atoms with Gasteiger partial charge >= 0.3 is 12.0 Å². The van der Waals surface area contributed by atoms with Gasteiger partial charge in [0.1, 0.15) is 17.1 Å². The van der Waals surface area contributed by atoms with Crippen molar-refractivity contribution in [1.29, 1.82) is 0 Å². The molecule has 3 aromatic carbocycles. The number of carbonyl (C=O) groups excluding carboxylic acids is 1. The fraction of sp³-hybridized carbons (Fsp3) is 0.310. The highest BCUT2D eigenvalue weighted by molar-refractivity contribution is 5.94. The van der Waals surface area contributed by atoms with Crippen LogP contribution >= 0.6 is 0 Å². The van der Waals surface area contributed by atoms with Gasteiger partial charge < -0.3 is 25.2 Å². The largest absolute Gasteiger partial charge is 0.496 e. The highest BCUT2D eigenvalue weighted by atomic mass is 16.5. The number of aromatic carboxylic acids is 1. The van der Waals surface area contributed by atoms with Gasteiger partial charge in [0.05, 0.1) is 12.8 Å². The van der Waals surface area contributed by atoms with Crippen LogP contribution in [0.4, 0.5) is 10.5 Å². The summed E-state index contributed by atoms with van der Waals surface area (Å²) in [6, 6.07) is 17.7. The van der Waals surface area contributed by atoms with Gasteiger partial charge in [0, 0.05) is 11.1 Å². The number of methoxy groups -OCH3 is 1. The number of para-hydroxylation sites is 1. The maximum Gasteiger partial charge on any atom is 0.339 e. The molecule has 3 N–H and O–H groups in total. The maximum absolute atomic E-state index is 12.8. The molecular weight excluding hydrogens is 456 g/mol. The molecule has 0 saturated heterocycles. The van der Waals surface area contributed by atoms with Crippen molar-refractivity contribution in [3.05, 3.63) is 71.8 Å². The van der Waals surface area contributed by atoms with Gasteiger partial charge in [-0.3, -0.25) is 0 Å². The Kier molecular flexibility index (Phi) is 7.62. The molecule has 0 aliphatic heterocycles. The minimum absolute atomic E-state index is 0.0504. The van der Waals surface area contributed by atoms with Crippen molar-refractivity contribution in [3.8, 4) is 28.4 Å². The number of ether oxygens (including phenoxy) is 2. The number of amides is 2. The van der Waals surface area contributed by atoms with E-state index in [1.165, 1.54) is 7.11 Å². The molecule has 2 amide bonds. The van der Waals surface area contributed by atoms with Gasteiger partial charge in [0.15, 0.2) is 5.75 Å². The number of rotatable bonds is 6. The van der Waals surface area contributed by atoms with Crippen molar-refractivity contribution in [2.45, 2.75) is 52.5 Å². The van der Waals surface area contributed by atoms with Gasteiger partial charge in [-0.1, -0.05) is 51.1 Å². The third-order valence-electron chi connectivity index (χ3n) is 5.39. The van der Waals surface area contributed by atoms with E-state index in [9.17, 15) is 14.7 Å². The summed E-state index contributed by atoms with van der Waals surface area (Å²) in [5.74, 6) is 0.337. The van der Waals surface area contributed by atoms with Crippen LogP contribution in [0.5, 0.6) is 17.2 Å². The molecule has 0 spiro atoms. The molecule has 0 saturated carbocycles. The normalized spacial score (nSPS) is 11.5. The van der Waals surface area contributed by atoms with Gasteiger partial charge in [-0.15, -0.1) is 0 Å². The minimum Gasteiger partial charge on any atom is -0.496 e. The average Bonchev–Trinajstić information content (AvgIpc) is 2.78. The number of hydrogen-bond acceptors (Lipinski definition) is 4. The van der Waals surface area contributed by atoms with Crippen LogP contribution in [0.1, 0.15) is 57.5 Å². The Labute approximate surface area is 212 Å². The molecule has 0 heterocycles. The van der Waals surface area contributed by atoms with Gasteiger partial charge in [-0.2, -0.15) is 0 Å². The number of carbonyl (C=O) groups is 2. The molecule has 0 unspecified atom stereocenters. The zero-order chi connectivity index (χ0) is 26.7. The van der Waals surface area contributed by atoms with Gasteiger partial charge in [-0.05, 0) is 67.6 Å². The molecule has 3 aromatic rings. The molecule has 7 heteroatoms. The molecule has 0 aliphatic carbocycles. The second-order valence-corrected chi connectivity index (χ2v) is 10.6. The fourth-order valence-electron chi connectivity index (χ4n) is 3.74. The molecule has 7 nitrogen and oxygen atoms in total. The summed E-state index contributed by atoms with van der Waals surface area (Å²) in [5.41, 5.74) is 2.31. The van der Waals surface area contributed by atoms with E-state index in [-0.39, 0.29) is 22.8 Å². The molecular formula is C29H34N2O5. The van der Waals surface area contributed by atoms with Crippen LogP contribution < -0.4 is 20.1 Å². The van der Waals surface area contributed by atoms with Crippen LogP contribution in [0.25, 0.3) is 11.1 Å². The predicted molar refractivity (Wildman–Crippen MR) is 143 cm³/mol. The molecule has 0 radical (unpaired) electrons. The Morgan fingerprint density at radius 3 is 2.00 bits per heavy atom. The molecule has 190 valence electrons. The lowest BCUT2D eigenvalue weighted by molar-refractivity contribution is 0.0693. The summed E-state index contributed by atoms with van der Waals surface area (Å²) in [6.07, 6.45) is 0. The summed E-state index contributed by atoms with van der Waals surface area (Å²) in [5, 5.41) is 15.4. The Balaban J connectivity index is 2.08. The molecule has 0 aromatic heterocycles. The van der Waals surface area contributed by atoms with Gasteiger partial charge in [0.2, 0.25) is 0 Å². The Morgan fingerprint density at radius 2 is 1.42 bits per heavy atom. The molecule has 0 atom stereocenters. The van der Waals surface area contributed by atoms with E-state index >= 15 is 0 Å². The zero-order valence-electron chi connectivity index (χ0n) is 21.9. The second-order valence-electron chi connectivity index (χ2n) is 10.6. The topological polar surface area (TPSA) is 96.9 Å². The average molecular weight is 491 g/mol. The minimum atomic E-state index is -1.09. The van der Waals surface area contributed by atoms with E-state index in [1.807, 2.05) is 51.1 Å². The predicted octanol–water partition coefficient (Wildman–Crippen LogP) is 7.07. The first kappa shape index (κ1) is 26.6. The van der Waals surface area contributed by atoms with Crippen LogP contribution in [0.3, 0.4) is 0 Å². The lowest BCUT2D eigenvalue weighted by Crippen LogP contribution is -2.43. The summed E-state index contributed by atoms with van der Waals surface area (Å²) >= 11 is 0. The summed E-state index contributed by atoms with van der Waals surface area (Å²) in [7, 11) is 1.43. The van der Waals surface area contributed by atoms with E-state index in [0.717, 1.165) is 5.56 Å². The number of carboxylic acid groups (broad SMARTS) is 1. The van der Waals surface area contributed by atoms with Crippen molar-refractivity contribution in [2.75, 3.05) is 12.4 Å². The number of carboxylic acids is 1. The maximum atomic E-state index is 12.8. The third-order valence-corrected chi connectivity index (χ3v) is 5.39. The Hall–Kier alpha value is -4.00. The van der Waals surface area contributed by atoms with Crippen molar-refractivity contribution >= 4 is 17.7 Å². The third kappa shape index (κ3) is 6.56. The first-order chi connectivity index (χ1) is 16.8. The SMILES string of the molecule is COc1ccc(-c2ccc(Oc3ccccc3C(C)(C)C)c(NC(=O)NC(C)(C)C)c2)cc1C(=O)O. The Bertz CT molecular complexity index is 1270. The zero-order valence-corrected chi connectivity index (χ0v) is 21.9. The molecule has 0 bridgehead atoms. The molecule has 0 fully saturated rings. The van der Waals surface area contributed by atoms with Crippen molar-refractivity contribution < 1.29 is 24.2 Å². The Morgan fingerprint density at radius 1 is 0.806 bits per heavy atom. The number of hydrogen-bond donors (Lipinski definition) is 3. The van der Waals surface area contributed by atoms with Crippen LogP contribution in [0, 0.1) is 0 Å². The quantitative estimate of drug-likeness (QED) is 0.343. The summed E-state index contributed by atoms with van der Waals surface area (Å²) < 4.78 is 11.5. The standard InChI is InChI=1S/C29H34N2O5/c1-28(2,3)21-10-8-9-11-24(21)36-25-15-13-19(17-22(25)30-27(34)31-29(4,5)6)18-12-14-23(35-7)20(16-18)26(32)33/h8-17H,1-7H3,(H,32,33)(H2,30,31,34). The van der Waals surface area contributed by atoms with E-state index in [0.29, 0.717) is 28.3 Å². The van der Waals surface area contributed by atoms with Crippen LogP contribution in [-0.2, 0) is 5.41 Å². The lowest BCUT2D eigenvalue weighted by Gasteiger charge is -2.24. The number of anilines is 1. The first-order valence-electron chi connectivity index (χ1n) is 11.7. The van der Waals surface area contributed by atoms with E-state index in [2.05, 4.69) is 31.4 Å². The summed E-state index contributed by atoms with van der Waals surface area (Å²) in [4.78, 5) is 24.5.